The number of para-hydroxylation sites is 1. The van der Waals surface area contributed by atoms with Crippen LogP contribution in [0.4, 0.5) is 10.5 Å². The zero-order valence-electron chi connectivity index (χ0n) is 16.5. The predicted octanol–water partition coefficient (Wildman–Crippen LogP) is 3.56. The molecule has 0 unspecified atom stereocenters. The molecule has 1 aromatic carbocycles. The van der Waals surface area contributed by atoms with Crippen molar-refractivity contribution >= 4 is 23.8 Å². The van der Waals surface area contributed by atoms with Gasteiger partial charge in [-0.2, -0.15) is 0 Å². The number of hydrogen-bond acceptors (Lipinski definition) is 5. The summed E-state index contributed by atoms with van der Waals surface area (Å²) in [6.07, 6.45) is 5.58. The lowest BCUT2D eigenvalue weighted by Crippen LogP contribution is -2.54. The second-order valence-electron chi connectivity index (χ2n) is 7.98. The van der Waals surface area contributed by atoms with Crippen LogP contribution in [0.1, 0.15) is 52.0 Å². The van der Waals surface area contributed by atoms with Gasteiger partial charge in [-0.25, -0.2) is 4.79 Å². The number of alkyl carbamates (subject to hydrolysis) is 1. The first-order valence-corrected chi connectivity index (χ1v) is 9.31. The zero-order valence-corrected chi connectivity index (χ0v) is 16.5. The van der Waals surface area contributed by atoms with Crippen LogP contribution in [0.5, 0.6) is 0 Å². The Morgan fingerprint density at radius 2 is 1.89 bits per heavy atom. The molecule has 1 fully saturated rings. The van der Waals surface area contributed by atoms with Crippen LogP contribution < -0.4 is 10.6 Å². The van der Waals surface area contributed by atoms with Crippen molar-refractivity contribution in [3.63, 3.8) is 0 Å². The Morgan fingerprint density at radius 1 is 1.25 bits per heavy atom. The Bertz CT molecular complexity index is 761. The molecular weight excluding hydrogens is 362 g/mol. The van der Waals surface area contributed by atoms with Crippen molar-refractivity contribution < 1.29 is 19.2 Å². The first-order chi connectivity index (χ1) is 13.1. The van der Waals surface area contributed by atoms with Crippen LogP contribution in [0.2, 0.25) is 0 Å². The molecule has 1 aliphatic rings. The molecular formula is C20H27N3O5. The smallest absolute Gasteiger partial charge is 0.407 e. The maximum Gasteiger partial charge on any atom is 0.407 e. The minimum atomic E-state index is -0.594. The lowest BCUT2D eigenvalue weighted by molar-refractivity contribution is -0.385. The lowest BCUT2D eigenvalue weighted by atomic mass is 9.97. The van der Waals surface area contributed by atoms with Gasteiger partial charge in [0.05, 0.1) is 16.0 Å². The zero-order chi connectivity index (χ0) is 20.8. The molecule has 28 heavy (non-hydrogen) atoms. The highest BCUT2D eigenvalue weighted by Gasteiger charge is 2.35. The summed E-state index contributed by atoms with van der Waals surface area (Å²) in [7, 11) is 0. The lowest BCUT2D eigenvalue weighted by Gasteiger charge is -2.30. The van der Waals surface area contributed by atoms with Gasteiger partial charge in [0.1, 0.15) is 5.60 Å². The number of nitro groups is 1. The summed E-state index contributed by atoms with van der Waals surface area (Å²) in [5, 5.41) is 16.8. The summed E-state index contributed by atoms with van der Waals surface area (Å²) in [5.41, 5.74) is -0.840. The second kappa shape index (κ2) is 8.86. The van der Waals surface area contributed by atoms with E-state index in [1.807, 2.05) is 0 Å². The molecule has 2 rings (SSSR count). The first kappa shape index (κ1) is 21.4. The van der Waals surface area contributed by atoms with Gasteiger partial charge < -0.3 is 15.4 Å². The van der Waals surface area contributed by atoms with Gasteiger partial charge in [0.2, 0.25) is 5.91 Å². The number of nitro benzene ring substituents is 1. The number of ether oxygens (including phenoxy) is 1. The largest absolute Gasteiger partial charge is 0.444 e. The van der Waals surface area contributed by atoms with Crippen molar-refractivity contribution in [3.05, 3.63) is 46.0 Å². The molecule has 0 bridgehead atoms. The van der Waals surface area contributed by atoms with E-state index >= 15 is 0 Å². The van der Waals surface area contributed by atoms with Gasteiger partial charge in [0.15, 0.2) is 0 Å². The Hall–Kier alpha value is -2.90. The molecule has 8 nitrogen and oxygen atoms in total. The topological polar surface area (TPSA) is 111 Å². The van der Waals surface area contributed by atoms with E-state index in [0.29, 0.717) is 5.56 Å². The normalized spacial score (nSPS) is 16.0. The van der Waals surface area contributed by atoms with E-state index in [2.05, 4.69) is 10.6 Å². The molecule has 0 heterocycles. The van der Waals surface area contributed by atoms with Crippen molar-refractivity contribution in [2.24, 2.45) is 0 Å². The molecule has 8 heteroatoms. The number of carbonyl (C=O) groups excluding carboxylic acids is 2. The number of carbonyl (C=O) groups is 2. The van der Waals surface area contributed by atoms with Crippen LogP contribution in [0, 0.1) is 10.1 Å². The SMILES string of the molecule is CC(C)(C)OC(=O)NCC1(NC(=O)C=Cc2ccccc2[N+](=O)[O-])CCCC1. The van der Waals surface area contributed by atoms with Gasteiger partial charge >= 0.3 is 6.09 Å². The number of nitrogens with zero attached hydrogens (tertiary/aromatic N) is 1. The fraction of sp³-hybridized carbons (Fsp3) is 0.500. The Kier molecular flexibility index (Phi) is 6.77. The molecule has 0 aliphatic heterocycles. The van der Waals surface area contributed by atoms with Crippen LogP contribution in [0.25, 0.3) is 6.08 Å². The number of rotatable bonds is 6. The quantitative estimate of drug-likeness (QED) is 0.439. The van der Waals surface area contributed by atoms with Gasteiger partial charge in [-0.3, -0.25) is 14.9 Å². The maximum absolute atomic E-state index is 12.4. The van der Waals surface area contributed by atoms with Crippen LogP contribution >= 0.6 is 0 Å². The third kappa shape index (κ3) is 6.37. The fourth-order valence-corrected chi connectivity index (χ4v) is 3.22. The highest BCUT2D eigenvalue weighted by Crippen LogP contribution is 2.29. The van der Waals surface area contributed by atoms with Gasteiger partial charge in [-0.05, 0) is 45.8 Å². The average Bonchev–Trinajstić information content (AvgIpc) is 3.05. The van der Waals surface area contributed by atoms with E-state index in [1.165, 1.54) is 18.2 Å². The third-order valence-electron chi connectivity index (χ3n) is 4.47. The molecule has 2 amide bonds. The third-order valence-corrected chi connectivity index (χ3v) is 4.47. The Labute approximate surface area is 164 Å². The standard InChI is InChI=1S/C20H27N3O5/c1-19(2,3)28-18(25)21-14-20(12-6-7-13-20)22-17(24)11-10-15-8-4-5-9-16(15)23(26)27/h4-5,8-11H,6-7,12-14H2,1-3H3,(H,21,25)(H,22,24). The summed E-state index contributed by atoms with van der Waals surface area (Å²) in [6, 6.07) is 6.22. The van der Waals surface area contributed by atoms with E-state index in [9.17, 15) is 19.7 Å². The van der Waals surface area contributed by atoms with Crippen LogP contribution in [-0.4, -0.2) is 34.6 Å². The van der Waals surface area contributed by atoms with Crippen molar-refractivity contribution in [2.45, 2.75) is 57.6 Å². The summed E-state index contributed by atoms with van der Waals surface area (Å²) in [6.45, 7) is 5.63. The molecule has 0 atom stereocenters. The van der Waals surface area contributed by atoms with E-state index in [-0.39, 0.29) is 18.1 Å². The van der Waals surface area contributed by atoms with Crippen LogP contribution in [0.3, 0.4) is 0 Å². The molecule has 1 saturated carbocycles. The van der Waals surface area contributed by atoms with Gasteiger partial charge in [-0.1, -0.05) is 25.0 Å². The predicted molar refractivity (Wildman–Crippen MR) is 106 cm³/mol. The number of nitrogens with one attached hydrogen (secondary N) is 2. The number of benzene rings is 1. The molecule has 1 aliphatic carbocycles. The van der Waals surface area contributed by atoms with Crippen molar-refractivity contribution in [1.29, 1.82) is 0 Å². The van der Waals surface area contributed by atoms with Crippen molar-refractivity contribution in [1.82, 2.24) is 10.6 Å². The summed E-state index contributed by atoms with van der Waals surface area (Å²) in [5.74, 6) is -0.356. The van der Waals surface area contributed by atoms with Crippen molar-refractivity contribution in [3.8, 4) is 0 Å². The molecule has 1 aromatic rings. The highest BCUT2D eigenvalue weighted by molar-refractivity contribution is 5.93. The van der Waals surface area contributed by atoms with Crippen LogP contribution in [0.15, 0.2) is 30.3 Å². The molecule has 152 valence electrons. The minimum Gasteiger partial charge on any atom is -0.444 e. The van der Waals surface area contributed by atoms with E-state index in [0.717, 1.165) is 25.7 Å². The first-order valence-electron chi connectivity index (χ1n) is 9.31. The fourth-order valence-electron chi connectivity index (χ4n) is 3.22. The number of amides is 2. The molecule has 0 spiro atoms. The van der Waals surface area contributed by atoms with E-state index in [1.54, 1.807) is 39.0 Å². The molecule has 0 aromatic heterocycles. The van der Waals surface area contributed by atoms with Gasteiger partial charge in [0, 0.05) is 18.7 Å². The molecule has 0 saturated heterocycles. The molecule has 0 radical (unpaired) electrons. The minimum absolute atomic E-state index is 0.0614. The van der Waals surface area contributed by atoms with Crippen molar-refractivity contribution in [2.75, 3.05) is 6.54 Å². The Balaban J connectivity index is 2.01. The summed E-state index contributed by atoms with van der Waals surface area (Å²) < 4.78 is 5.25. The maximum atomic E-state index is 12.4. The average molecular weight is 389 g/mol. The van der Waals surface area contributed by atoms with Gasteiger partial charge in [-0.15, -0.1) is 0 Å². The summed E-state index contributed by atoms with van der Waals surface area (Å²) >= 11 is 0. The van der Waals surface area contributed by atoms with E-state index < -0.39 is 22.2 Å². The summed E-state index contributed by atoms with van der Waals surface area (Å²) in [4.78, 5) is 34.9. The Morgan fingerprint density at radius 3 is 2.50 bits per heavy atom. The highest BCUT2D eigenvalue weighted by atomic mass is 16.6. The monoisotopic (exact) mass is 389 g/mol. The second-order valence-corrected chi connectivity index (χ2v) is 7.98. The molecule has 2 N–H and O–H groups in total. The van der Waals surface area contributed by atoms with E-state index in [4.69, 9.17) is 4.74 Å². The van der Waals surface area contributed by atoms with Crippen LogP contribution in [-0.2, 0) is 9.53 Å². The number of hydrogen-bond donors (Lipinski definition) is 2. The van der Waals surface area contributed by atoms with Gasteiger partial charge in [0.25, 0.3) is 5.69 Å².